The molecule has 5 nitrogen and oxygen atoms in total. The summed E-state index contributed by atoms with van der Waals surface area (Å²) in [6, 6.07) is 8.61. The van der Waals surface area contributed by atoms with E-state index in [1.54, 1.807) is 19.4 Å². The minimum atomic E-state index is -1.15. The van der Waals surface area contributed by atoms with E-state index in [0.29, 0.717) is 29.8 Å². The summed E-state index contributed by atoms with van der Waals surface area (Å²) in [6.07, 6.45) is 3.09. The van der Waals surface area contributed by atoms with E-state index in [1.807, 2.05) is 6.07 Å². The number of aromatic carboxylic acids is 1. The number of benzene rings is 2. The number of rotatable bonds is 8. The number of carboxylic acid groups (broad SMARTS) is 1. The molecular formula is C23H20ClF2NO4. The molecule has 31 heavy (non-hydrogen) atoms. The molecule has 8 heteroatoms. The van der Waals surface area contributed by atoms with Gasteiger partial charge in [0, 0.05) is 31.0 Å². The van der Waals surface area contributed by atoms with Crippen LogP contribution in [0.1, 0.15) is 22.3 Å². The SMILES string of the molecule is COCCCc1cnc(-c2cc(F)c(OC)c(F)c2)c(-c2ccc(C(=O)O)c(Cl)c2)c1. The van der Waals surface area contributed by atoms with Gasteiger partial charge in [0.15, 0.2) is 17.4 Å². The number of hydrogen-bond donors (Lipinski definition) is 1. The summed E-state index contributed by atoms with van der Waals surface area (Å²) >= 11 is 6.15. The van der Waals surface area contributed by atoms with Gasteiger partial charge in [-0.25, -0.2) is 13.6 Å². The first-order chi connectivity index (χ1) is 14.8. The Balaban J connectivity index is 2.16. The summed E-state index contributed by atoms with van der Waals surface area (Å²) in [7, 11) is 2.80. The number of aromatic nitrogens is 1. The van der Waals surface area contributed by atoms with Crippen LogP contribution in [0.25, 0.3) is 22.4 Å². The first-order valence-corrected chi connectivity index (χ1v) is 9.78. The Bertz CT molecular complexity index is 1100. The van der Waals surface area contributed by atoms with E-state index in [2.05, 4.69) is 4.98 Å². The first-order valence-electron chi connectivity index (χ1n) is 9.40. The topological polar surface area (TPSA) is 68.7 Å². The summed E-state index contributed by atoms with van der Waals surface area (Å²) in [5.41, 5.74) is 2.53. The standard InChI is InChI=1S/C23H20ClF2NO4/c1-30-7-3-4-13-8-17(14-5-6-16(23(28)29)18(24)9-14)21(27-12-13)15-10-19(25)22(31-2)20(26)11-15/h5-6,8-12H,3-4,7H2,1-2H3,(H,28,29). The van der Waals surface area contributed by atoms with E-state index in [-0.39, 0.29) is 16.1 Å². The van der Waals surface area contributed by atoms with Crippen LogP contribution in [0.3, 0.4) is 0 Å². The molecule has 0 amide bonds. The van der Waals surface area contributed by atoms with Gasteiger partial charge in [-0.3, -0.25) is 4.98 Å². The number of nitrogens with zero attached hydrogens (tertiary/aromatic N) is 1. The smallest absolute Gasteiger partial charge is 0.337 e. The van der Waals surface area contributed by atoms with Crippen molar-refractivity contribution in [3.8, 4) is 28.1 Å². The summed E-state index contributed by atoms with van der Waals surface area (Å²) in [4.78, 5) is 15.7. The van der Waals surface area contributed by atoms with Crippen molar-refractivity contribution in [2.75, 3.05) is 20.8 Å². The predicted octanol–water partition coefficient (Wildman–Crippen LogP) is 5.63. The van der Waals surface area contributed by atoms with Crippen LogP contribution >= 0.6 is 11.6 Å². The summed E-state index contributed by atoms with van der Waals surface area (Å²) in [5, 5.41) is 9.28. The average Bonchev–Trinajstić information content (AvgIpc) is 2.73. The van der Waals surface area contributed by atoms with E-state index in [1.165, 1.54) is 19.2 Å². The van der Waals surface area contributed by atoms with Gasteiger partial charge >= 0.3 is 5.97 Å². The van der Waals surface area contributed by atoms with Gasteiger partial charge in [0.25, 0.3) is 0 Å². The Morgan fingerprint density at radius 2 is 1.81 bits per heavy atom. The van der Waals surface area contributed by atoms with Gasteiger partial charge in [-0.1, -0.05) is 17.7 Å². The van der Waals surface area contributed by atoms with Crippen molar-refractivity contribution in [2.24, 2.45) is 0 Å². The Labute approximate surface area is 183 Å². The molecule has 0 spiro atoms. The molecule has 0 saturated heterocycles. The third kappa shape index (κ3) is 5.00. The van der Waals surface area contributed by atoms with Gasteiger partial charge in [-0.05, 0) is 54.3 Å². The number of halogens is 3. The number of aryl methyl sites for hydroxylation is 1. The fourth-order valence-corrected chi connectivity index (χ4v) is 3.52. The zero-order valence-electron chi connectivity index (χ0n) is 16.9. The van der Waals surface area contributed by atoms with Crippen molar-refractivity contribution in [1.29, 1.82) is 0 Å². The molecule has 0 radical (unpaired) electrons. The average molecular weight is 448 g/mol. The van der Waals surface area contributed by atoms with Crippen molar-refractivity contribution in [1.82, 2.24) is 4.98 Å². The Morgan fingerprint density at radius 1 is 1.10 bits per heavy atom. The highest BCUT2D eigenvalue weighted by Gasteiger charge is 2.18. The lowest BCUT2D eigenvalue weighted by Crippen LogP contribution is -2.00. The van der Waals surface area contributed by atoms with E-state index < -0.39 is 23.4 Å². The van der Waals surface area contributed by atoms with Gasteiger partial charge in [0.1, 0.15) is 0 Å². The van der Waals surface area contributed by atoms with E-state index >= 15 is 0 Å². The molecule has 0 fully saturated rings. The minimum absolute atomic E-state index is 0.0438. The highest BCUT2D eigenvalue weighted by atomic mass is 35.5. The third-order valence-electron chi connectivity index (χ3n) is 4.74. The van der Waals surface area contributed by atoms with Crippen LogP contribution in [-0.4, -0.2) is 36.9 Å². The monoisotopic (exact) mass is 447 g/mol. The number of carboxylic acids is 1. The molecule has 0 unspecified atom stereocenters. The summed E-state index contributed by atoms with van der Waals surface area (Å²) in [6.45, 7) is 0.575. The number of ether oxygens (including phenoxy) is 2. The maximum atomic E-state index is 14.3. The lowest BCUT2D eigenvalue weighted by molar-refractivity contribution is 0.0697. The van der Waals surface area contributed by atoms with E-state index in [4.69, 9.17) is 21.1 Å². The van der Waals surface area contributed by atoms with Crippen molar-refractivity contribution >= 4 is 17.6 Å². The number of methoxy groups -OCH3 is 2. The molecule has 0 aliphatic heterocycles. The maximum Gasteiger partial charge on any atom is 0.337 e. The first kappa shape index (κ1) is 22.7. The largest absolute Gasteiger partial charge is 0.491 e. The summed E-state index contributed by atoms with van der Waals surface area (Å²) < 4.78 is 38.5. The molecule has 2 aromatic carbocycles. The molecule has 1 aromatic heterocycles. The van der Waals surface area contributed by atoms with Crippen LogP contribution < -0.4 is 4.74 Å². The molecule has 3 rings (SSSR count). The lowest BCUT2D eigenvalue weighted by atomic mass is 9.96. The van der Waals surface area contributed by atoms with Crippen LogP contribution in [0, 0.1) is 11.6 Å². The van der Waals surface area contributed by atoms with Crippen LogP contribution in [0.15, 0.2) is 42.6 Å². The van der Waals surface area contributed by atoms with Gasteiger partial charge in [0.05, 0.1) is 23.4 Å². The number of pyridine rings is 1. The second-order valence-electron chi connectivity index (χ2n) is 6.81. The Morgan fingerprint density at radius 3 is 2.39 bits per heavy atom. The highest BCUT2D eigenvalue weighted by Crippen LogP contribution is 2.36. The van der Waals surface area contributed by atoms with Gasteiger partial charge in [0.2, 0.25) is 0 Å². The molecule has 0 aliphatic rings. The van der Waals surface area contributed by atoms with E-state index in [9.17, 15) is 18.7 Å². The van der Waals surface area contributed by atoms with Gasteiger partial charge in [-0.2, -0.15) is 0 Å². The van der Waals surface area contributed by atoms with Crippen LogP contribution in [0.4, 0.5) is 8.78 Å². The van der Waals surface area contributed by atoms with E-state index in [0.717, 1.165) is 24.1 Å². The molecule has 0 bridgehead atoms. The second-order valence-corrected chi connectivity index (χ2v) is 7.22. The van der Waals surface area contributed by atoms with Crippen LogP contribution in [-0.2, 0) is 11.2 Å². The van der Waals surface area contributed by atoms with Gasteiger partial charge in [-0.15, -0.1) is 0 Å². The maximum absolute atomic E-state index is 14.3. The normalized spacial score (nSPS) is 10.9. The lowest BCUT2D eigenvalue weighted by Gasteiger charge is -2.14. The fraction of sp³-hybridized carbons (Fsp3) is 0.217. The van der Waals surface area contributed by atoms with Crippen molar-refractivity contribution in [2.45, 2.75) is 12.8 Å². The molecule has 1 N–H and O–H groups in total. The zero-order valence-corrected chi connectivity index (χ0v) is 17.7. The zero-order chi connectivity index (χ0) is 22.5. The highest BCUT2D eigenvalue weighted by molar-refractivity contribution is 6.33. The third-order valence-corrected chi connectivity index (χ3v) is 5.06. The quantitative estimate of drug-likeness (QED) is 0.453. The predicted molar refractivity (Wildman–Crippen MR) is 114 cm³/mol. The van der Waals surface area contributed by atoms with Crippen molar-refractivity contribution in [3.05, 3.63) is 70.4 Å². The number of hydrogen-bond acceptors (Lipinski definition) is 4. The molecular weight excluding hydrogens is 428 g/mol. The Hall–Kier alpha value is -3.03. The van der Waals surface area contributed by atoms with Crippen LogP contribution in [0.5, 0.6) is 5.75 Å². The molecule has 0 saturated carbocycles. The van der Waals surface area contributed by atoms with Crippen molar-refractivity contribution < 1.29 is 28.2 Å². The summed E-state index contributed by atoms with van der Waals surface area (Å²) in [5.74, 6) is -3.33. The van der Waals surface area contributed by atoms with Crippen molar-refractivity contribution in [3.63, 3.8) is 0 Å². The molecule has 1 heterocycles. The molecule has 0 aliphatic carbocycles. The molecule has 0 atom stereocenters. The number of carbonyl (C=O) groups is 1. The Kier molecular flexibility index (Phi) is 7.20. The molecule has 162 valence electrons. The van der Waals surface area contributed by atoms with Gasteiger partial charge < -0.3 is 14.6 Å². The van der Waals surface area contributed by atoms with Crippen LogP contribution in [0.2, 0.25) is 5.02 Å². The fourth-order valence-electron chi connectivity index (χ4n) is 3.26. The minimum Gasteiger partial charge on any atom is -0.491 e. The second kappa shape index (κ2) is 9.85. The molecule has 3 aromatic rings.